The van der Waals surface area contributed by atoms with Crippen molar-refractivity contribution in [2.24, 2.45) is 5.92 Å². The molecule has 2 amide bonds. The van der Waals surface area contributed by atoms with Crippen molar-refractivity contribution in [3.05, 3.63) is 47.0 Å². The average Bonchev–Trinajstić information content (AvgIpc) is 2.75. The molecule has 0 aromatic heterocycles. The van der Waals surface area contributed by atoms with Crippen LogP contribution in [0.3, 0.4) is 0 Å². The largest absolute Gasteiger partial charge is 0.352 e. The van der Waals surface area contributed by atoms with E-state index in [0.717, 1.165) is 18.5 Å². The van der Waals surface area contributed by atoms with Crippen molar-refractivity contribution in [1.29, 1.82) is 5.41 Å². The Morgan fingerprint density at radius 2 is 1.80 bits per heavy atom. The fourth-order valence-electron chi connectivity index (χ4n) is 4.37. The minimum absolute atomic E-state index is 0.0474. The van der Waals surface area contributed by atoms with E-state index in [-0.39, 0.29) is 17.9 Å². The summed E-state index contributed by atoms with van der Waals surface area (Å²) in [4.78, 5) is 25.0. The lowest BCUT2D eigenvalue weighted by Crippen LogP contribution is -2.39. The van der Waals surface area contributed by atoms with E-state index in [0.29, 0.717) is 36.0 Å². The monoisotopic (exact) mass is 409 g/mol. The lowest BCUT2D eigenvalue weighted by molar-refractivity contribution is -0.116. The summed E-state index contributed by atoms with van der Waals surface area (Å²) in [6.45, 7) is 4.99. The number of carbonyl (C=O) groups is 2. The Bertz CT molecular complexity index is 789. The van der Waals surface area contributed by atoms with Gasteiger partial charge in [0, 0.05) is 29.9 Å². The molecule has 2 fully saturated rings. The highest BCUT2D eigenvalue weighted by atomic mass is 16.2. The number of hydrogen-bond acceptors (Lipinski definition) is 3. The molecule has 1 aromatic rings. The normalized spacial score (nSPS) is 21.6. The van der Waals surface area contributed by atoms with Crippen LogP contribution in [0.2, 0.25) is 0 Å². The molecule has 0 radical (unpaired) electrons. The quantitative estimate of drug-likeness (QED) is 0.593. The Balaban J connectivity index is 1.53. The molecule has 162 valence electrons. The zero-order chi connectivity index (χ0) is 21.5. The molecule has 3 rings (SSSR count). The van der Waals surface area contributed by atoms with E-state index in [1.54, 1.807) is 6.08 Å². The van der Waals surface area contributed by atoms with Crippen LogP contribution in [0.1, 0.15) is 87.1 Å². The summed E-state index contributed by atoms with van der Waals surface area (Å²) in [5.41, 5.74) is 3.11. The average molecular weight is 410 g/mol. The number of hydrogen-bond donors (Lipinski definition) is 3. The van der Waals surface area contributed by atoms with Gasteiger partial charge in [0.15, 0.2) is 0 Å². The van der Waals surface area contributed by atoms with Crippen molar-refractivity contribution in [1.82, 2.24) is 10.6 Å². The van der Waals surface area contributed by atoms with Crippen LogP contribution >= 0.6 is 0 Å². The van der Waals surface area contributed by atoms with Gasteiger partial charge in [0.25, 0.3) is 5.91 Å². The van der Waals surface area contributed by atoms with Crippen LogP contribution in [0.15, 0.2) is 35.9 Å². The first-order valence-corrected chi connectivity index (χ1v) is 11.4. The van der Waals surface area contributed by atoms with E-state index in [2.05, 4.69) is 24.5 Å². The van der Waals surface area contributed by atoms with Gasteiger partial charge in [-0.05, 0) is 67.2 Å². The maximum atomic E-state index is 12.6. The predicted molar refractivity (Wildman–Crippen MR) is 121 cm³/mol. The number of nitrogens with one attached hydrogen (secondary N) is 3. The zero-order valence-corrected chi connectivity index (χ0v) is 18.3. The van der Waals surface area contributed by atoms with Crippen LogP contribution in [0.25, 0.3) is 0 Å². The topological polar surface area (TPSA) is 82.1 Å². The molecule has 0 saturated heterocycles. The lowest BCUT2D eigenvalue weighted by atomic mass is 9.88. The Hall–Kier alpha value is -2.43. The van der Waals surface area contributed by atoms with Gasteiger partial charge in [0.2, 0.25) is 5.91 Å². The third-order valence-electron chi connectivity index (χ3n) is 6.37. The Morgan fingerprint density at radius 1 is 1.10 bits per heavy atom. The minimum atomic E-state index is -0.114. The molecule has 1 unspecified atom stereocenters. The standard InChI is InChI=1S/C25H35N3O2/c1-17(2)19-8-10-20(11-9-19)25(30)28-22-12-13-23(26)21(14-22)15-24(29)27-16-18-6-4-3-5-7-18/h8-11,15,17-18,22,26H,3-7,12-14,16H2,1-2H3,(H,27,29)(H,28,30)/b21-15-,26-23?. The summed E-state index contributed by atoms with van der Waals surface area (Å²) in [5, 5.41) is 14.3. The molecular weight excluding hydrogens is 374 g/mol. The number of rotatable bonds is 6. The maximum Gasteiger partial charge on any atom is 0.251 e. The van der Waals surface area contributed by atoms with Crippen LogP contribution in [-0.2, 0) is 4.79 Å². The third kappa shape index (κ3) is 6.28. The summed E-state index contributed by atoms with van der Waals surface area (Å²) in [5.74, 6) is 0.811. The van der Waals surface area contributed by atoms with E-state index in [1.807, 2.05) is 24.3 Å². The first-order chi connectivity index (χ1) is 14.4. The number of benzene rings is 1. The number of carbonyl (C=O) groups excluding carboxylic acids is 2. The van der Waals surface area contributed by atoms with Gasteiger partial charge >= 0.3 is 0 Å². The molecule has 0 spiro atoms. The summed E-state index contributed by atoms with van der Waals surface area (Å²) in [6.07, 6.45) is 9.63. The van der Waals surface area contributed by atoms with Crippen molar-refractivity contribution in [3.8, 4) is 0 Å². The molecule has 2 saturated carbocycles. The van der Waals surface area contributed by atoms with E-state index >= 15 is 0 Å². The van der Waals surface area contributed by atoms with Crippen LogP contribution in [0, 0.1) is 11.3 Å². The van der Waals surface area contributed by atoms with E-state index in [1.165, 1.54) is 37.7 Å². The van der Waals surface area contributed by atoms with Crippen molar-refractivity contribution < 1.29 is 9.59 Å². The molecule has 0 bridgehead atoms. The first kappa shape index (κ1) is 22.3. The van der Waals surface area contributed by atoms with Crippen LogP contribution in [0.4, 0.5) is 0 Å². The van der Waals surface area contributed by atoms with Crippen LogP contribution < -0.4 is 10.6 Å². The zero-order valence-electron chi connectivity index (χ0n) is 18.3. The highest BCUT2D eigenvalue weighted by Crippen LogP contribution is 2.24. The van der Waals surface area contributed by atoms with Crippen LogP contribution in [0.5, 0.6) is 0 Å². The van der Waals surface area contributed by atoms with E-state index in [4.69, 9.17) is 5.41 Å². The van der Waals surface area contributed by atoms with Crippen molar-refractivity contribution >= 4 is 17.5 Å². The Morgan fingerprint density at radius 3 is 2.47 bits per heavy atom. The predicted octanol–water partition coefficient (Wildman–Crippen LogP) is 4.73. The van der Waals surface area contributed by atoms with Gasteiger partial charge in [0.1, 0.15) is 0 Å². The maximum absolute atomic E-state index is 12.6. The molecule has 0 aliphatic heterocycles. The van der Waals surface area contributed by atoms with Gasteiger partial charge < -0.3 is 16.0 Å². The fourth-order valence-corrected chi connectivity index (χ4v) is 4.37. The van der Waals surface area contributed by atoms with Gasteiger partial charge in [-0.3, -0.25) is 9.59 Å². The molecule has 5 heteroatoms. The fraction of sp³-hybridized carbons (Fsp3) is 0.560. The van der Waals surface area contributed by atoms with Gasteiger partial charge in [-0.15, -0.1) is 0 Å². The molecule has 2 aliphatic rings. The molecule has 2 aliphatic carbocycles. The second-order valence-corrected chi connectivity index (χ2v) is 9.09. The summed E-state index contributed by atoms with van der Waals surface area (Å²) in [6, 6.07) is 7.68. The highest BCUT2D eigenvalue weighted by molar-refractivity contribution is 6.04. The summed E-state index contributed by atoms with van der Waals surface area (Å²) < 4.78 is 0. The second-order valence-electron chi connectivity index (χ2n) is 9.09. The molecule has 5 nitrogen and oxygen atoms in total. The molecular formula is C25H35N3O2. The Kier molecular flexibility index (Phi) is 7.83. The Labute approximate surface area is 180 Å². The van der Waals surface area contributed by atoms with Gasteiger partial charge in [-0.25, -0.2) is 0 Å². The molecule has 0 heterocycles. The van der Waals surface area contributed by atoms with Gasteiger partial charge in [0.05, 0.1) is 0 Å². The minimum Gasteiger partial charge on any atom is -0.352 e. The first-order valence-electron chi connectivity index (χ1n) is 11.4. The molecule has 30 heavy (non-hydrogen) atoms. The van der Waals surface area contributed by atoms with Gasteiger partial charge in [-0.1, -0.05) is 45.2 Å². The summed E-state index contributed by atoms with van der Waals surface area (Å²) in [7, 11) is 0. The highest BCUT2D eigenvalue weighted by Gasteiger charge is 2.24. The molecule has 3 N–H and O–H groups in total. The summed E-state index contributed by atoms with van der Waals surface area (Å²) >= 11 is 0. The lowest BCUT2D eigenvalue weighted by Gasteiger charge is -2.26. The number of amides is 2. The smallest absolute Gasteiger partial charge is 0.251 e. The van der Waals surface area contributed by atoms with Crippen molar-refractivity contribution in [3.63, 3.8) is 0 Å². The van der Waals surface area contributed by atoms with E-state index in [9.17, 15) is 9.59 Å². The van der Waals surface area contributed by atoms with Gasteiger partial charge in [-0.2, -0.15) is 0 Å². The van der Waals surface area contributed by atoms with Crippen molar-refractivity contribution in [2.75, 3.05) is 6.54 Å². The third-order valence-corrected chi connectivity index (χ3v) is 6.37. The SMILES string of the molecule is CC(C)c1ccc(C(=O)NC2CCC(=N)/C(=C\C(=O)NCC3CCCCC3)C2)cc1. The van der Waals surface area contributed by atoms with Crippen LogP contribution in [-0.4, -0.2) is 30.1 Å². The molecule has 1 atom stereocenters. The second kappa shape index (κ2) is 10.6. The van der Waals surface area contributed by atoms with Crippen molar-refractivity contribution in [2.45, 2.75) is 77.2 Å². The van der Waals surface area contributed by atoms with E-state index < -0.39 is 0 Å². The molecule has 1 aromatic carbocycles.